The molecule has 0 aromatic carbocycles. The van der Waals surface area contributed by atoms with Crippen molar-refractivity contribution in [2.24, 2.45) is 5.73 Å². The lowest BCUT2D eigenvalue weighted by Crippen LogP contribution is -2.40. The van der Waals surface area contributed by atoms with E-state index in [0.29, 0.717) is 6.04 Å². The van der Waals surface area contributed by atoms with Crippen molar-refractivity contribution in [2.75, 3.05) is 18.0 Å². The molecule has 0 unspecified atom stereocenters. The summed E-state index contributed by atoms with van der Waals surface area (Å²) in [6.45, 7) is 10.6. The maximum atomic E-state index is 5.97. The van der Waals surface area contributed by atoms with Crippen LogP contribution in [-0.4, -0.2) is 29.1 Å². The normalized spacial score (nSPS) is 18.2. The second kappa shape index (κ2) is 4.84. The summed E-state index contributed by atoms with van der Waals surface area (Å²) in [7, 11) is 0. The van der Waals surface area contributed by atoms with Crippen LogP contribution in [-0.2, 0) is 5.41 Å². The lowest BCUT2D eigenvalue weighted by atomic mass is 9.90. The molecule has 0 spiro atoms. The topological polar surface area (TPSA) is 55.0 Å². The fraction of sp³-hybridized carbons (Fsp3) is 0.714. The number of hydrogen-bond acceptors (Lipinski definition) is 4. The molecule has 2 heterocycles. The van der Waals surface area contributed by atoms with Crippen molar-refractivity contribution in [1.82, 2.24) is 9.97 Å². The molecule has 100 valence electrons. The van der Waals surface area contributed by atoms with Gasteiger partial charge in [0, 0.05) is 24.5 Å². The van der Waals surface area contributed by atoms with E-state index in [0.717, 1.165) is 37.4 Å². The molecule has 0 radical (unpaired) electrons. The van der Waals surface area contributed by atoms with E-state index in [1.54, 1.807) is 0 Å². The Morgan fingerprint density at radius 1 is 1.28 bits per heavy atom. The van der Waals surface area contributed by atoms with Crippen LogP contribution in [0.2, 0.25) is 0 Å². The van der Waals surface area contributed by atoms with Crippen LogP contribution < -0.4 is 10.6 Å². The molecule has 2 N–H and O–H groups in total. The number of aromatic nitrogens is 2. The smallest absolute Gasteiger partial charge is 0.125 e. The van der Waals surface area contributed by atoms with Gasteiger partial charge in [-0.15, -0.1) is 0 Å². The van der Waals surface area contributed by atoms with Gasteiger partial charge in [0.05, 0.1) is 17.6 Å². The number of rotatable bonds is 1. The molecule has 4 nitrogen and oxygen atoms in total. The summed E-state index contributed by atoms with van der Waals surface area (Å²) in [5.41, 5.74) is 8.33. The summed E-state index contributed by atoms with van der Waals surface area (Å²) < 4.78 is 0. The van der Waals surface area contributed by atoms with Gasteiger partial charge in [-0.2, -0.15) is 0 Å². The molecule has 1 fully saturated rings. The monoisotopic (exact) mass is 248 g/mol. The Balaban J connectivity index is 2.32. The van der Waals surface area contributed by atoms with Gasteiger partial charge in [-0.25, -0.2) is 9.97 Å². The second-order valence-corrected chi connectivity index (χ2v) is 6.23. The standard InChI is InChI=1S/C14H24N4/c1-10-16-9-12(13(17-10)14(2,3)4)18-7-5-11(15)6-8-18/h9,11H,5-8,15H2,1-4H3. The summed E-state index contributed by atoms with van der Waals surface area (Å²) in [5, 5.41) is 0. The highest BCUT2D eigenvalue weighted by Gasteiger charge is 2.25. The molecule has 1 aromatic heterocycles. The zero-order valence-electron chi connectivity index (χ0n) is 11.9. The molecule has 2 rings (SSSR count). The minimum atomic E-state index is 0.0442. The highest BCUT2D eigenvalue weighted by atomic mass is 15.2. The SMILES string of the molecule is Cc1ncc(N2CCC(N)CC2)c(C(C)(C)C)n1. The number of aryl methyl sites for hydroxylation is 1. The molecule has 1 saturated heterocycles. The Kier molecular flexibility index (Phi) is 3.57. The average molecular weight is 248 g/mol. The fourth-order valence-electron chi connectivity index (χ4n) is 2.39. The molecule has 0 atom stereocenters. The molecule has 1 aliphatic rings. The molecule has 0 saturated carbocycles. The molecular weight excluding hydrogens is 224 g/mol. The van der Waals surface area contributed by atoms with Gasteiger partial charge < -0.3 is 10.6 Å². The Morgan fingerprint density at radius 3 is 2.44 bits per heavy atom. The number of anilines is 1. The van der Waals surface area contributed by atoms with Crippen LogP contribution in [0.5, 0.6) is 0 Å². The van der Waals surface area contributed by atoms with Crippen molar-refractivity contribution < 1.29 is 0 Å². The predicted octanol–water partition coefficient (Wildman–Crippen LogP) is 2.01. The summed E-state index contributed by atoms with van der Waals surface area (Å²) >= 11 is 0. The highest BCUT2D eigenvalue weighted by Crippen LogP contribution is 2.31. The van der Waals surface area contributed by atoms with Gasteiger partial charge in [0.15, 0.2) is 0 Å². The first-order valence-electron chi connectivity index (χ1n) is 6.72. The van der Waals surface area contributed by atoms with Gasteiger partial charge >= 0.3 is 0 Å². The Labute approximate surface area is 110 Å². The van der Waals surface area contributed by atoms with E-state index < -0.39 is 0 Å². The lowest BCUT2D eigenvalue weighted by Gasteiger charge is -2.35. The molecule has 0 aliphatic carbocycles. The highest BCUT2D eigenvalue weighted by molar-refractivity contribution is 5.52. The van der Waals surface area contributed by atoms with Crippen LogP contribution in [0.25, 0.3) is 0 Å². The summed E-state index contributed by atoms with van der Waals surface area (Å²) in [4.78, 5) is 11.4. The van der Waals surface area contributed by atoms with E-state index in [4.69, 9.17) is 5.73 Å². The van der Waals surface area contributed by atoms with Crippen molar-refractivity contribution in [3.05, 3.63) is 17.7 Å². The minimum Gasteiger partial charge on any atom is -0.369 e. The van der Waals surface area contributed by atoms with Crippen molar-refractivity contribution in [2.45, 2.75) is 52.0 Å². The van der Waals surface area contributed by atoms with Crippen LogP contribution in [0, 0.1) is 6.92 Å². The molecule has 4 heteroatoms. The third-order valence-electron chi connectivity index (χ3n) is 3.48. The van der Waals surface area contributed by atoms with Crippen molar-refractivity contribution in [3.63, 3.8) is 0 Å². The summed E-state index contributed by atoms with van der Waals surface area (Å²) in [6.07, 6.45) is 4.08. The van der Waals surface area contributed by atoms with E-state index in [1.807, 2.05) is 13.1 Å². The Bertz CT molecular complexity index is 414. The van der Waals surface area contributed by atoms with Crippen LogP contribution in [0.15, 0.2) is 6.20 Å². The largest absolute Gasteiger partial charge is 0.369 e. The molecule has 0 amide bonds. The third-order valence-corrected chi connectivity index (χ3v) is 3.48. The van der Waals surface area contributed by atoms with Crippen LogP contribution in [0.4, 0.5) is 5.69 Å². The first-order chi connectivity index (χ1) is 8.38. The Morgan fingerprint density at radius 2 is 1.89 bits per heavy atom. The molecule has 18 heavy (non-hydrogen) atoms. The van der Waals surface area contributed by atoms with Gasteiger partial charge in [0.1, 0.15) is 5.82 Å². The number of nitrogens with zero attached hydrogens (tertiary/aromatic N) is 3. The Hall–Kier alpha value is -1.16. The zero-order chi connectivity index (χ0) is 13.3. The predicted molar refractivity (Wildman–Crippen MR) is 74.9 cm³/mol. The third kappa shape index (κ3) is 2.80. The summed E-state index contributed by atoms with van der Waals surface area (Å²) in [5.74, 6) is 0.845. The average Bonchev–Trinajstić information content (AvgIpc) is 2.29. The van der Waals surface area contributed by atoms with Gasteiger partial charge in [-0.05, 0) is 19.8 Å². The van der Waals surface area contributed by atoms with Crippen LogP contribution in [0.1, 0.15) is 45.1 Å². The molecule has 0 bridgehead atoms. The minimum absolute atomic E-state index is 0.0442. The maximum absolute atomic E-state index is 5.97. The van der Waals surface area contributed by atoms with Crippen LogP contribution in [0.3, 0.4) is 0 Å². The number of nitrogens with two attached hydrogens (primary N) is 1. The van der Waals surface area contributed by atoms with Crippen molar-refractivity contribution >= 4 is 5.69 Å². The van der Waals surface area contributed by atoms with Gasteiger partial charge in [0.2, 0.25) is 0 Å². The lowest BCUT2D eigenvalue weighted by molar-refractivity contribution is 0.492. The fourth-order valence-corrected chi connectivity index (χ4v) is 2.39. The number of piperidine rings is 1. The van der Waals surface area contributed by atoms with E-state index in [2.05, 4.69) is 35.6 Å². The van der Waals surface area contributed by atoms with Gasteiger partial charge in [-0.1, -0.05) is 20.8 Å². The quantitative estimate of drug-likeness (QED) is 0.826. The van der Waals surface area contributed by atoms with E-state index in [9.17, 15) is 0 Å². The summed E-state index contributed by atoms with van der Waals surface area (Å²) in [6, 6.07) is 0.353. The molecular formula is C14H24N4. The maximum Gasteiger partial charge on any atom is 0.125 e. The first-order valence-corrected chi connectivity index (χ1v) is 6.72. The van der Waals surface area contributed by atoms with E-state index in [-0.39, 0.29) is 5.41 Å². The van der Waals surface area contributed by atoms with Crippen LogP contribution >= 0.6 is 0 Å². The van der Waals surface area contributed by atoms with E-state index >= 15 is 0 Å². The van der Waals surface area contributed by atoms with Crippen molar-refractivity contribution in [3.8, 4) is 0 Å². The molecule has 1 aliphatic heterocycles. The number of hydrogen-bond donors (Lipinski definition) is 1. The van der Waals surface area contributed by atoms with Gasteiger partial charge in [0.25, 0.3) is 0 Å². The second-order valence-electron chi connectivity index (χ2n) is 6.23. The van der Waals surface area contributed by atoms with Gasteiger partial charge in [-0.3, -0.25) is 0 Å². The van der Waals surface area contributed by atoms with E-state index in [1.165, 1.54) is 5.69 Å². The zero-order valence-corrected chi connectivity index (χ0v) is 11.9. The molecule has 1 aromatic rings. The first kappa shape index (κ1) is 13.3. The van der Waals surface area contributed by atoms with Crippen molar-refractivity contribution in [1.29, 1.82) is 0 Å².